The van der Waals surface area contributed by atoms with E-state index in [0.717, 1.165) is 23.4 Å². The zero-order valence-electron chi connectivity index (χ0n) is 12.3. The largest absolute Gasteiger partial charge is 0.349 e. The Morgan fingerprint density at radius 1 is 1.29 bits per heavy atom. The molecule has 4 saturated carbocycles. The molecule has 1 amide bonds. The second-order valence-corrected chi connectivity index (χ2v) is 7.36. The van der Waals surface area contributed by atoms with Gasteiger partial charge in [-0.15, -0.1) is 5.10 Å². The lowest BCUT2D eigenvalue weighted by Crippen LogP contribution is -2.60. The maximum Gasteiger partial charge on any atom is 0.242 e. The fourth-order valence-corrected chi connectivity index (χ4v) is 5.26. The van der Waals surface area contributed by atoms with Gasteiger partial charge in [0.05, 0.1) is 11.9 Å². The smallest absolute Gasteiger partial charge is 0.242 e. The van der Waals surface area contributed by atoms with Gasteiger partial charge in [0.25, 0.3) is 0 Å². The summed E-state index contributed by atoms with van der Waals surface area (Å²) in [6.07, 6.45) is 9.44. The first-order valence-corrected chi connectivity index (χ1v) is 8.04. The van der Waals surface area contributed by atoms with Crippen molar-refractivity contribution in [3.8, 4) is 0 Å². The third-order valence-corrected chi connectivity index (χ3v) is 5.54. The highest BCUT2D eigenvalue weighted by atomic mass is 16.2. The van der Waals surface area contributed by atoms with Crippen molar-refractivity contribution in [3.63, 3.8) is 0 Å². The average Bonchev–Trinajstić information content (AvgIpc) is 2.83. The van der Waals surface area contributed by atoms with Crippen LogP contribution in [-0.4, -0.2) is 26.4 Å². The molecule has 6 heteroatoms. The third-order valence-electron chi connectivity index (χ3n) is 5.54. The molecular formula is C15H23N5O. The molecule has 6 nitrogen and oxygen atoms in total. The summed E-state index contributed by atoms with van der Waals surface area (Å²) in [5.41, 5.74) is 6.31. The van der Waals surface area contributed by atoms with E-state index in [9.17, 15) is 4.79 Å². The van der Waals surface area contributed by atoms with E-state index in [1.54, 1.807) is 10.9 Å². The number of nitrogens with zero attached hydrogens (tertiary/aromatic N) is 3. The minimum absolute atomic E-state index is 0.0606. The Balaban J connectivity index is 1.42. The number of aromatic nitrogens is 3. The summed E-state index contributed by atoms with van der Waals surface area (Å²) in [5, 5.41) is 11.2. The fraction of sp³-hybridized carbons (Fsp3) is 0.800. The van der Waals surface area contributed by atoms with Crippen LogP contribution in [-0.2, 0) is 17.9 Å². The molecule has 3 N–H and O–H groups in total. The van der Waals surface area contributed by atoms with Crippen LogP contribution in [0.5, 0.6) is 0 Å². The van der Waals surface area contributed by atoms with Crippen molar-refractivity contribution in [2.75, 3.05) is 0 Å². The third kappa shape index (κ3) is 2.46. The summed E-state index contributed by atoms with van der Waals surface area (Å²) < 4.78 is 1.58. The Morgan fingerprint density at radius 2 is 1.90 bits per heavy atom. The van der Waals surface area contributed by atoms with Crippen molar-refractivity contribution in [2.24, 2.45) is 23.5 Å². The molecule has 4 bridgehead atoms. The SMILES string of the molecule is NCc1cn(CC(=O)NC23CC4CC(CC(C4)C2)C3)nn1. The fourth-order valence-electron chi connectivity index (χ4n) is 5.26. The van der Waals surface area contributed by atoms with Gasteiger partial charge in [0, 0.05) is 12.1 Å². The lowest BCUT2D eigenvalue weighted by molar-refractivity contribution is -0.127. The number of hydrogen-bond acceptors (Lipinski definition) is 4. The predicted octanol–water partition coefficient (Wildman–Crippen LogP) is 0.822. The summed E-state index contributed by atoms with van der Waals surface area (Å²) in [6, 6.07) is 0. The van der Waals surface area contributed by atoms with E-state index >= 15 is 0 Å². The van der Waals surface area contributed by atoms with Crippen LogP contribution in [0.3, 0.4) is 0 Å². The highest BCUT2D eigenvalue weighted by Gasteiger charge is 2.51. The molecule has 5 rings (SSSR count). The Labute approximate surface area is 124 Å². The van der Waals surface area contributed by atoms with Gasteiger partial charge in [-0.05, 0) is 56.3 Å². The van der Waals surface area contributed by atoms with Crippen LogP contribution in [0.15, 0.2) is 6.20 Å². The van der Waals surface area contributed by atoms with Crippen molar-refractivity contribution in [2.45, 2.75) is 57.2 Å². The van der Waals surface area contributed by atoms with Crippen molar-refractivity contribution in [1.82, 2.24) is 20.3 Å². The zero-order chi connectivity index (χ0) is 14.4. The highest BCUT2D eigenvalue weighted by Crippen LogP contribution is 2.55. The van der Waals surface area contributed by atoms with Crippen molar-refractivity contribution >= 4 is 5.91 Å². The maximum absolute atomic E-state index is 12.4. The molecule has 1 aromatic rings. The standard InChI is InChI=1S/C15H23N5O/c16-7-13-8-20(19-18-13)9-14(21)17-15-4-10-1-11(5-15)3-12(2-10)6-15/h8,10-12H,1-7,9,16H2,(H,17,21). The first-order valence-electron chi connectivity index (χ1n) is 8.04. The number of nitrogens with two attached hydrogens (primary N) is 1. The first kappa shape index (κ1) is 13.2. The number of carbonyl (C=O) groups excluding carboxylic acids is 1. The molecule has 1 aromatic heterocycles. The quantitative estimate of drug-likeness (QED) is 0.859. The van der Waals surface area contributed by atoms with Crippen molar-refractivity contribution in [1.29, 1.82) is 0 Å². The summed E-state index contributed by atoms with van der Waals surface area (Å²) in [7, 11) is 0. The van der Waals surface area contributed by atoms with Crippen LogP contribution in [0.2, 0.25) is 0 Å². The molecule has 0 saturated heterocycles. The normalized spacial score (nSPS) is 36.9. The molecule has 0 atom stereocenters. The summed E-state index contributed by atoms with van der Waals surface area (Å²) in [5.74, 6) is 2.58. The minimum Gasteiger partial charge on any atom is -0.349 e. The van der Waals surface area contributed by atoms with Gasteiger partial charge < -0.3 is 11.1 Å². The maximum atomic E-state index is 12.4. The monoisotopic (exact) mass is 289 g/mol. The number of hydrogen-bond donors (Lipinski definition) is 2. The van der Waals surface area contributed by atoms with Gasteiger partial charge in [0.2, 0.25) is 5.91 Å². The lowest BCUT2D eigenvalue weighted by Gasteiger charge is -2.56. The van der Waals surface area contributed by atoms with Crippen molar-refractivity contribution < 1.29 is 4.79 Å². The van der Waals surface area contributed by atoms with E-state index in [0.29, 0.717) is 6.54 Å². The molecule has 4 aliphatic rings. The van der Waals surface area contributed by atoms with Gasteiger partial charge in [-0.2, -0.15) is 0 Å². The Morgan fingerprint density at radius 3 is 2.43 bits per heavy atom. The van der Waals surface area contributed by atoms with Gasteiger partial charge in [0.1, 0.15) is 6.54 Å². The van der Waals surface area contributed by atoms with E-state index in [-0.39, 0.29) is 18.0 Å². The highest BCUT2D eigenvalue weighted by molar-refractivity contribution is 5.76. The first-order chi connectivity index (χ1) is 10.1. The Kier molecular flexibility index (Phi) is 3.03. The molecule has 0 aliphatic heterocycles. The second-order valence-electron chi connectivity index (χ2n) is 7.36. The van der Waals surface area contributed by atoms with Crippen LogP contribution in [0.25, 0.3) is 0 Å². The number of amides is 1. The lowest BCUT2D eigenvalue weighted by atomic mass is 9.53. The predicted molar refractivity (Wildman–Crippen MR) is 77.0 cm³/mol. The van der Waals surface area contributed by atoms with Gasteiger partial charge >= 0.3 is 0 Å². The Bertz CT molecular complexity index is 517. The molecular weight excluding hydrogens is 266 g/mol. The van der Waals surface area contributed by atoms with Gasteiger partial charge in [-0.3, -0.25) is 4.79 Å². The zero-order valence-corrected chi connectivity index (χ0v) is 12.3. The molecule has 4 fully saturated rings. The van der Waals surface area contributed by atoms with E-state index in [4.69, 9.17) is 5.73 Å². The molecule has 0 unspecified atom stereocenters. The summed E-state index contributed by atoms with van der Waals surface area (Å²) in [4.78, 5) is 12.4. The van der Waals surface area contributed by atoms with Gasteiger partial charge in [-0.1, -0.05) is 5.21 Å². The number of rotatable bonds is 4. The topological polar surface area (TPSA) is 85.8 Å². The number of carbonyl (C=O) groups is 1. The van der Waals surface area contributed by atoms with E-state index in [2.05, 4.69) is 15.6 Å². The van der Waals surface area contributed by atoms with Gasteiger partial charge in [-0.25, -0.2) is 4.68 Å². The second kappa shape index (κ2) is 4.80. The molecule has 21 heavy (non-hydrogen) atoms. The van der Waals surface area contributed by atoms with Gasteiger partial charge in [0.15, 0.2) is 0 Å². The minimum atomic E-state index is 0.0606. The van der Waals surface area contributed by atoms with Crippen LogP contribution < -0.4 is 11.1 Å². The Hall–Kier alpha value is -1.43. The van der Waals surface area contributed by atoms with Crippen LogP contribution >= 0.6 is 0 Å². The van der Waals surface area contributed by atoms with Crippen LogP contribution in [0.1, 0.15) is 44.2 Å². The van der Waals surface area contributed by atoms with Crippen LogP contribution in [0.4, 0.5) is 0 Å². The molecule has 0 spiro atoms. The molecule has 1 heterocycles. The van der Waals surface area contributed by atoms with E-state index < -0.39 is 0 Å². The molecule has 4 aliphatic carbocycles. The molecule has 114 valence electrons. The van der Waals surface area contributed by atoms with E-state index in [1.165, 1.54) is 38.5 Å². The van der Waals surface area contributed by atoms with E-state index in [1.807, 2.05) is 0 Å². The summed E-state index contributed by atoms with van der Waals surface area (Å²) in [6.45, 7) is 0.603. The van der Waals surface area contributed by atoms with Crippen molar-refractivity contribution in [3.05, 3.63) is 11.9 Å². The van der Waals surface area contributed by atoms with Crippen LogP contribution in [0, 0.1) is 17.8 Å². The molecule has 0 radical (unpaired) electrons. The molecule has 0 aromatic carbocycles. The summed E-state index contributed by atoms with van der Waals surface area (Å²) >= 11 is 0. The number of nitrogens with one attached hydrogen (secondary N) is 1. The average molecular weight is 289 g/mol.